The first-order valence-corrected chi connectivity index (χ1v) is 10.1. The van der Waals surface area contributed by atoms with E-state index in [1.165, 1.54) is 4.57 Å². The SMILES string of the molecule is Cc1cc(N2C(=O)c3c(C4CC4)nn(C)c3C2c2ccc(Cl)cc2)cn(C)c1=O. The minimum atomic E-state index is -0.323. The van der Waals surface area contributed by atoms with Crippen molar-refractivity contribution in [1.29, 1.82) is 0 Å². The highest BCUT2D eigenvalue weighted by molar-refractivity contribution is 6.30. The highest BCUT2D eigenvalue weighted by atomic mass is 35.5. The molecule has 0 saturated heterocycles. The first kappa shape index (κ1) is 18.2. The quantitative estimate of drug-likeness (QED) is 0.663. The second kappa shape index (κ2) is 6.32. The van der Waals surface area contributed by atoms with Crippen molar-refractivity contribution in [3.63, 3.8) is 0 Å². The lowest BCUT2D eigenvalue weighted by Crippen LogP contribution is -2.32. The molecule has 7 heteroatoms. The number of anilines is 1. The van der Waals surface area contributed by atoms with Crippen molar-refractivity contribution in [1.82, 2.24) is 14.3 Å². The van der Waals surface area contributed by atoms with Crippen molar-refractivity contribution < 1.29 is 4.79 Å². The van der Waals surface area contributed by atoms with E-state index in [0.29, 0.717) is 27.8 Å². The molecule has 1 saturated carbocycles. The zero-order chi connectivity index (χ0) is 20.4. The summed E-state index contributed by atoms with van der Waals surface area (Å²) in [5.41, 5.74) is 4.69. The first-order chi connectivity index (χ1) is 13.9. The highest BCUT2D eigenvalue weighted by Gasteiger charge is 2.46. The molecule has 1 unspecified atom stereocenters. The largest absolute Gasteiger partial charge is 0.316 e. The number of fused-ring (bicyclic) bond motifs is 1. The van der Waals surface area contributed by atoms with Gasteiger partial charge in [-0.15, -0.1) is 0 Å². The molecule has 1 aromatic carbocycles. The first-order valence-electron chi connectivity index (χ1n) is 9.70. The van der Waals surface area contributed by atoms with Gasteiger partial charge in [0.15, 0.2) is 0 Å². The Balaban J connectivity index is 1.75. The monoisotopic (exact) mass is 408 g/mol. The van der Waals surface area contributed by atoms with Gasteiger partial charge in [0.1, 0.15) is 6.04 Å². The van der Waals surface area contributed by atoms with Gasteiger partial charge >= 0.3 is 0 Å². The summed E-state index contributed by atoms with van der Waals surface area (Å²) in [7, 11) is 3.61. The van der Waals surface area contributed by atoms with E-state index in [-0.39, 0.29) is 17.5 Å². The molecule has 0 spiro atoms. The summed E-state index contributed by atoms with van der Waals surface area (Å²) in [5.74, 6) is 0.301. The smallest absolute Gasteiger partial charge is 0.263 e. The number of hydrogen-bond donors (Lipinski definition) is 0. The zero-order valence-corrected chi connectivity index (χ0v) is 17.3. The van der Waals surface area contributed by atoms with E-state index in [1.807, 2.05) is 36.0 Å². The van der Waals surface area contributed by atoms with Gasteiger partial charge in [-0.1, -0.05) is 23.7 Å². The molecule has 1 aliphatic heterocycles. The Morgan fingerprint density at radius 1 is 1.10 bits per heavy atom. The lowest BCUT2D eigenvalue weighted by Gasteiger charge is -2.27. The summed E-state index contributed by atoms with van der Waals surface area (Å²) < 4.78 is 3.37. The lowest BCUT2D eigenvalue weighted by molar-refractivity contribution is 0.0992. The van der Waals surface area contributed by atoms with Crippen LogP contribution in [0.15, 0.2) is 41.3 Å². The van der Waals surface area contributed by atoms with Gasteiger partial charge in [-0.25, -0.2) is 0 Å². The molecule has 5 rings (SSSR count). The maximum absolute atomic E-state index is 13.7. The number of aromatic nitrogens is 3. The van der Waals surface area contributed by atoms with Gasteiger partial charge in [-0.05, 0) is 43.5 Å². The third kappa shape index (κ3) is 2.74. The van der Waals surface area contributed by atoms with E-state index < -0.39 is 0 Å². The van der Waals surface area contributed by atoms with Crippen molar-refractivity contribution in [2.75, 3.05) is 4.90 Å². The zero-order valence-electron chi connectivity index (χ0n) is 16.5. The molecule has 148 valence electrons. The number of pyridine rings is 1. The Morgan fingerprint density at radius 2 is 1.79 bits per heavy atom. The standard InChI is InChI=1S/C22H21ClN4O2/c1-12-10-16(11-25(2)21(12)28)27-19(14-6-8-15(23)9-7-14)20-17(22(27)29)18(13-4-5-13)24-26(20)3/h6-11,13,19H,4-5H2,1-3H3. The third-order valence-corrected chi connectivity index (χ3v) is 6.10. The molecule has 0 bridgehead atoms. The van der Waals surface area contributed by atoms with Gasteiger partial charge in [0.05, 0.1) is 22.6 Å². The number of halogens is 1. The van der Waals surface area contributed by atoms with Crippen LogP contribution in [-0.4, -0.2) is 20.3 Å². The Bertz CT molecular complexity index is 1180. The van der Waals surface area contributed by atoms with Crippen LogP contribution in [0.3, 0.4) is 0 Å². The number of hydrogen-bond acceptors (Lipinski definition) is 3. The molecule has 0 radical (unpaired) electrons. The Morgan fingerprint density at radius 3 is 2.41 bits per heavy atom. The molecule has 1 fully saturated rings. The maximum Gasteiger partial charge on any atom is 0.263 e. The molecule has 3 heterocycles. The van der Waals surface area contributed by atoms with E-state index >= 15 is 0 Å². The average molecular weight is 409 g/mol. The molecule has 1 amide bonds. The molecule has 1 atom stereocenters. The summed E-state index contributed by atoms with van der Waals surface area (Å²) in [6.07, 6.45) is 3.87. The lowest BCUT2D eigenvalue weighted by atomic mass is 10.0. The van der Waals surface area contributed by atoms with E-state index in [0.717, 1.165) is 29.8 Å². The van der Waals surface area contributed by atoms with Crippen LogP contribution >= 0.6 is 11.6 Å². The van der Waals surface area contributed by atoms with Crippen molar-refractivity contribution in [2.45, 2.75) is 31.7 Å². The molecule has 1 aliphatic carbocycles. The molecule has 0 N–H and O–H groups in total. The topological polar surface area (TPSA) is 60.1 Å². The fraction of sp³-hybridized carbons (Fsp3) is 0.318. The summed E-state index contributed by atoms with van der Waals surface area (Å²) in [5, 5.41) is 5.35. The summed E-state index contributed by atoms with van der Waals surface area (Å²) in [6.45, 7) is 1.77. The molecule has 2 aromatic heterocycles. The predicted octanol–water partition coefficient (Wildman–Crippen LogP) is 3.71. The molecular formula is C22H21ClN4O2. The summed E-state index contributed by atoms with van der Waals surface area (Å²) >= 11 is 6.11. The number of aryl methyl sites for hydroxylation is 3. The van der Waals surface area contributed by atoms with Crippen LogP contribution in [0.2, 0.25) is 5.02 Å². The Kier molecular flexibility index (Phi) is 3.96. The molecule has 29 heavy (non-hydrogen) atoms. The summed E-state index contributed by atoms with van der Waals surface area (Å²) in [4.78, 5) is 27.7. The van der Waals surface area contributed by atoms with E-state index in [2.05, 4.69) is 0 Å². The van der Waals surface area contributed by atoms with Gasteiger partial charge in [-0.2, -0.15) is 5.10 Å². The van der Waals surface area contributed by atoms with E-state index in [9.17, 15) is 9.59 Å². The van der Waals surface area contributed by atoms with Gasteiger partial charge in [-0.3, -0.25) is 19.2 Å². The average Bonchev–Trinajstić information content (AvgIpc) is 3.41. The number of rotatable bonds is 3. The number of nitrogens with zero attached hydrogens (tertiary/aromatic N) is 4. The number of carbonyl (C=O) groups is 1. The van der Waals surface area contributed by atoms with Gasteiger partial charge in [0, 0.05) is 36.8 Å². The number of benzene rings is 1. The maximum atomic E-state index is 13.7. The molecule has 2 aliphatic rings. The van der Waals surface area contributed by atoms with Crippen molar-refractivity contribution in [3.8, 4) is 0 Å². The number of carbonyl (C=O) groups excluding carboxylic acids is 1. The van der Waals surface area contributed by atoms with E-state index in [1.54, 1.807) is 31.1 Å². The van der Waals surface area contributed by atoms with Crippen molar-refractivity contribution in [2.24, 2.45) is 14.1 Å². The van der Waals surface area contributed by atoms with Gasteiger partial charge in [0.25, 0.3) is 11.5 Å². The van der Waals surface area contributed by atoms with Crippen LogP contribution in [0.25, 0.3) is 0 Å². The second-order valence-electron chi connectivity index (χ2n) is 7.97. The minimum Gasteiger partial charge on any atom is -0.316 e. The highest BCUT2D eigenvalue weighted by Crippen LogP contribution is 2.48. The predicted molar refractivity (Wildman–Crippen MR) is 112 cm³/mol. The van der Waals surface area contributed by atoms with Gasteiger partial charge < -0.3 is 4.57 Å². The van der Waals surface area contributed by atoms with Crippen LogP contribution < -0.4 is 10.5 Å². The fourth-order valence-electron chi connectivity index (χ4n) is 4.30. The van der Waals surface area contributed by atoms with Crippen LogP contribution in [-0.2, 0) is 14.1 Å². The molecule has 6 nitrogen and oxygen atoms in total. The Hall–Kier alpha value is -2.86. The second-order valence-corrected chi connectivity index (χ2v) is 8.41. The van der Waals surface area contributed by atoms with Crippen LogP contribution in [0.4, 0.5) is 5.69 Å². The van der Waals surface area contributed by atoms with Crippen LogP contribution in [0, 0.1) is 6.92 Å². The van der Waals surface area contributed by atoms with Crippen LogP contribution in [0.5, 0.6) is 0 Å². The van der Waals surface area contributed by atoms with Crippen molar-refractivity contribution >= 4 is 23.2 Å². The summed E-state index contributed by atoms with van der Waals surface area (Å²) in [6, 6.07) is 9.03. The van der Waals surface area contributed by atoms with Crippen molar-refractivity contribution in [3.05, 3.63) is 80.0 Å². The normalized spacial score (nSPS) is 18.4. The van der Waals surface area contributed by atoms with Gasteiger partial charge in [0.2, 0.25) is 0 Å². The van der Waals surface area contributed by atoms with Crippen LogP contribution in [0.1, 0.15) is 57.7 Å². The minimum absolute atomic E-state index is 0.0620. The third-order valence-electron chi connectivity index (χ3n) is 5.84. The fourth-order valence-corrected chi connectivity index (χ4v) is 4.43. The van der Waals surface area contributed by atoms with E-state index in [4.69, 9.17) is 16.7 Å². The molecular weight excluding hydrogens is 388 g/mol. The molecule has 3 aromatic rings. The number of amides is 1. The Labute approximate surface area is 173 Å².